The Morgan fingerprint density at radius 2 is 2.24 bits per heavy atom. The van der Waals surface area contributed by atoms with Gasteiger partial charge in [0.1, 0.15) is 24.7 Å². The Balaban J connectivity index is 2.01. The SMILES string of the molecule is CCO/C=C(/C#N)C(=O)Nc1ccc(OCc2ccccn2)c(Cl)c1. The van der Waals surface area contributed by atoms with Crippen LogP contribution in [-0.4, -0.2) is 17.5 Å². The number of halogens is 1. The summed E-state index contributed by atoms with van der Waals surface area (Å²) in [5.74, 6) is -0.107. The molecule has 0 aliphatic heterocycles. The smallest absolute Gasteiger partial charge is 0.269 e. The molecule has 7 heteroatoms. The van der Waals surface area contributed by atoms with E-state index in [1.54, 1.807) is 37.4 Å². The second-order valence-electron chi connectivity index (χ2n) is 4.81. The predicted octanol–water partition coefficient (Wildman–Crippen LogP) is 3.70. The number of nitrogens with zero attached hydrogens (tertiary/aromatic N) is 2. The average Bonchev–Trinajstić information content (AvgIpc) is 2.62. The van der Waals surface area contributed by atoms with Crippen molar-refractivity contribution in [2.24, 2.45) is 0 Å². The zero-order valence-corrected chi connectivity index (χ0v) is 14.3. The summed E-state index contributed by atoms with van der Waals surface area (Å²) in [7, 11) is 0. The van der Waals surface area contributed by atoms with Crippen molar-refractivity contribution in [2.75, 3.05) is 11.9 Å². The van der Waals surface area contributed by atoms with Gasteiger partial charge in [0.2, 0.25) is 0 Å². The van der Waals surface area contributed by atoms with E-state index < -0.39 is 5.91 Å². The third-order valence-corrected chi connectivity index (χ3v) is 3.32. The van der Waals surface area contributed by atoms with Crippen LogP contribution in [0, 0.1) is 11.3 Å². The van der Waals surface area contributed by atoms with E-state index in [9.17, 15) is 4.79 Å². The van der Waals surface area contributed by atoms with E-state index in [2.05, 4.69) is 10.3 Å². The second kappa shape index (κ2) is 9.30. The van der Waals surface area contributed by atoms with Crippen molar-refractivity contribution < 1.29 is 14.3 Å². The molecule has 0 aliphatic rings. The quantitative estimate of drug-likeness (QED) is 0.464. The molecule has 1 aromatic heterocycles. The van der Waals surface area contributed by atoms with Gasteiger partial charge in [-0.05, 0) is 37.3 Å². The largest absolute Gasteiger partial charge is 0.500 e. The molecular weight excluding hydrogens is 342 g/mol. The number of benzene rings is 1. The fourth-order valence-corrected chi connectivity index (χ4v) is 2.06. The maximum absolute atomic E-state index is 12.0. The number of amides is 1. The van der Waals surface area contributed by atoms with Gasteiger partial charge in [0, 0.05) is 11.9 Å². The van der Waals surface area contributed by atoms with E-state index in [-0.39, 0.29) is 12.2 Å². The van der Waals surface area contributed by atoms with Crippen molar-refractivity contribution in [3.05, 3.63) is 65.1 Å². The molecule has 0 unspecified atom stereocenters. The third-order valence-electron chi connectivity index (χ3n) is 3.02. The van der Waals surface area contributed by atoms with E-state index in [1.165, 1.54) is 0 Å². The first-order valence-electron chi connectivity index (χ1n) is 7.49. The van der Waals surface area contributed by atoms with Crippen molar-refractivity contribution in [1.82, 2.24) is 4.98 Å². The highest BCUT2D eigenvalue weighted by atomic mass is 35.5. The van der Waals surface area contributed by atoms with Gasteiger partial charge in [0.25, 0.3) is 5.91 Å². The summed E-state index contributed by atoms with van der Waals surface area (Å²) in [5, 5.41) is 11.9. The summed E-state index contributed by atoms with van der Waals surface area (Å²) in [4.78, 5) is 16.2. The van der Waals surface area contributed by atoms with E-state index in [1.807, 2.05) is 18.2 Å². The van der Waals surface area contributed by atoms with Crippen molar-refractivity contribution in [3.63, 3.8) is 0 Å². The average molecular weight is 358 g/mol. The van der Waals surface area contributed by atoms with Gasteiger partial charge in [-0.25, -0.2) is 0 Å². The molecule has 1 N–H and O–H groups in total. The lowest BCUT2D eigenvalue weighted by Crippen LogP contribution is -2.14. The van der Waals surface area contributed by atoms with E-state index in [0.717, 1.165) is 12.0 Å². The van der Waals surface area contributed by atoms with Crippen LogP contribution in [0.4, 0.5) is 5.69 Å². The van der Waals surface area contributed by atoms with Crippen molar-refractivity contribution in [1.29, 1.82) is 5.26 Å². The van der Waals surface area contributed by atoms with Gasteiger partial charge in [0.05, 0.1) is 17.3 Å². The first kappa shape index (κ1) is 18.3. The lowest BCUT2D eigenvalue weighted by Gasteiger charge is -2.10. The van der Waals surface area contributed by atoms with Crippen LogP contribution in [-0.2, 0) is 16.1 Å². The summed E-state index contributed by atoms with van der Waals surface area (Å²) >= 11 is 6.18. The first-order chi connectivity index (χ1) is 12.1. The van der Waals surface area contributed by atoms with Crippen LogP contribution in [0.5, 0.6) is 5.75 Å². The number of carbonyl (C=O) groups excluding carboxylic acids is 1. The highest BCUT2D eigenvalue weighted by Crippen LogP contribution is 2.28. The molecule has 6 nitrogen and oxygen atoms in total. The molecule has 1 heterocycles. The summed E-state index contributed by atoms with van der Waals surface area (Å²) in [6, 6.07) is 12.1. The topological polar surface area (TPSA) is 84.2 Å². The van der Waals surface area contributed by atoms with Gasteiger partial charge in [-0.15, -0.1) is 0 Å². The molecule has 2 rings (SSSR count). The van der Waals surface area contributed by atoms with Crippen molar-refractivity contribution >= 4 is 23.2 Å². The van der Waals surface area contributed by atoms with Crippen LogP contribution in [0.2, 0.25) is 5.02 Å². The Morgan fingerprint density at radius 1 is 1.40 bits per heavy atom. The molecule has 0 spiro atoms. The zero-order chi connectivity index (χ0) is 18.1. The molecule has 0 fully saturated rings. The number of carbonyl (C=O) groups is 1. The number of nitriles is 1. The number of pyridine rings is 1. The van der Waals surface area contributed by atoms with Crippen LogP contribution < -0.4 is 10.1 Å². The molecule has 0 saturated heterocycles. The maximum atomic E-state index is 12.0. The predicted molar refractivity (Wildman–Crippen MR) is 94.0 cm³/mol. The number of hydrogen-bond acceptors (Lipinski definition) is 5. The molecule has 1 amide bonds. The summed E-state index contributed by atoms with van der Waals surface area (Å²) in [6.07, 6.45) is 2.81. The zero-order valence-electron chi connectivity index (χ0n) is 13.5. The normalized spacial score (nSPS) is 10.7. The summed E-state index contributed by atoms with van der Waals surface area (Å²) < 4.78 is 10.6. The van der Waals surface area contributed by atoms with Gasteiger partial charge < -0.3 is 14.8 Å². The fourth-order valence-electron chi connectivity index (χ4n) is 1.83. The molecule has 128 valence electrons. The summed E-state index contributed by atoms with van der Waals surface area (Å²) in [5.41, 5.74) is 1.09. The molecule has 0 atom stereocenters. The standard InChI is InChI=1S/C18H16ClN3O3/c1-2-24-11-13(10-20)18(23)22-14-6-7-17(16(19)9-14)25-12-15-5-3-4-8-21-15/h3-9,11H,2,12H2,1H3,(H,22,23)/b13-11-. The Labute approximate surface area is 150 Å². The van der Waals surface area contributed by atoms with Crippen LogP contribution in [0.1, 0.15) is 12.6 Å². The Bertz CT molecular complexity index is 801. The number of ether oxygens (including phenoxy) is 2. The number of hydrogen-bond donors (Lipinski definition) is 1. The van der Waals surface area contributed by atoms with E-state index in [0.29, 0.717) is 23.1 Å². The van der Waals surface area contributed by atoms with Crippen molar-refractivity contribution in [3.8, 4) is 11.8 Å². The summed E-state index contributed by atoms with van der Waals surface area (Å²) in [6.45, 7) is 2.40. The van der Waals surface area contributed by atoms with Crippen LogP contribution >= 0.6 is 11.6 Å². The Kier molecular flexibility index (Phi) is 6.81. The molecule has 0 aliphatic carbocycles. The number of rotatable bonds is 7. The minimum atomic E-state index is -0.575. The number of nitrogens with one attached hydrogen (secondary N) is 1. The highest BCUT2D eigenvalue weighted by molar-refractivity contribution is 6.32. The van der Waals surface area contributed by atoms with Crippen LogP contribution in [0.3, 0.4) is 0 Å². The third kappa shape index (κ3) is 5.52. The minimum absolute atomic E-state index is 0.131. The number of anilines is 1. The first-order valence-corrected chi connectivity index (χ1v) is 7.87. The second-order valence-corrected chi connectivity index (χ2v) is 5.21. The number of aromatic nitrogens is 1. The van der Waals surface area contributed by atoms with Gasteiger partial charge in [0.15, 0.2) is 5.57 Å². The van der Waals surface area contributed by atoms with Gasteiger partial charge >= 0.3 is 0 Å². The van der Waals surface area contributed by atoms with E-state index >= 15 is 0 Å². The molecular formula is C18H16ClN3O3. The van der Waals surface area contributed by atoms with E-state index in [4.69, 9.17) is 26.3 Å². The van der Waals surface area contributed by atoms with Gasteiger partial charge in [-0.3, -0.25) is 9.78 Å². The molecule has 0 saturated carbocycles. The Hall–Kier alpha value is -3.04. The minimum Gasteiger partial charge on any atom is -0.500 e. The lowest BCUT2D eigenvalue weighted by molar-refractivity contribution is -0.112. The monoisotopic (exact) mass is 357 g/mol. The molecule has 2 aromatic rings. The Morgan fingerprint density at radius 3 is 2.88 bits per heavy atom. The molecule has 0 bridgehead atoms. The lowest BCUT2D eigenvalue weighted by atomic mass is 10.2. The highest BCUT2D eigenvalue weighted by Gasteiger charge is 2.11. The molecule has 0 radical (unpaired) electrons. The van der Waals surface area contributed by atoms with Crippen molar-refractivity contribution in [2.45, 2.75) is 13.5 Å². The fraction of sp³-hybridized carbons (Fsp3) is 0.167. The maximum Gasteiger partial charge on any atom is 0.269 e. The van der Waals surface area contributed by atoms with Crippen LogP contribution in [0.15, 0.2) is 54.4 Å². The molecule has 25 heavy (non-hydrogen) atoms. The van der Waals surface area contributed by atoms with Gasteiger partial charge in [-0.2, -0.15) is 5.26 Å². The molecule has 1 aromatic carbocycles. The van der Waals surface area contributed by atoms with Gasteiger partial charge in [-0.1, -0.05) is 17.7 Å². The van der Waals surface area contributed by atoms with Crippen LogP contribution in [0.25, 0.3) is 0 Å².